The first-order valence-electron chi connectivity index (χ1n) is 10.3. The number of hydrogen-bond donors (Lipinski definition) is 9. The molecule has 0 saturated carbocycles. The van der Waals surface area contributed by atoms with Crippen LogP contribution in [0, 0.1) is 0 Å². The molecule has 184 valence electrons. The number of carbonyl (C=O) groups is 4. The Balaban J connectivity index is 4.72. The van der Waals surface area contributed by atoms with E-state index in [9.17, 15) is 29.4 Å². The summed E-state index contributed by atoms with van der Waals surface area (Å²) >= 11 is 0. The van der Waals surface area contributed by atoms with Gasteiger partial charge in [-0.15, -0.1) is 0 Å². The highest BCUT2D eigenvalue weighted by Crippen LogP contribution is 2.01. The van der Waals surface area contributed by atoms with Gasteiger partial charge in [0.15, 0.2) is 5.96 Å². The normalized spacial score (nSPS) is 14.4. The molecule has 4 atom stereocenters. The van der Waals surface area contributed by atoms with E-state index in [1.807, 2.05) is 0 Å². The van der Waals surface area contributed by atoms with Crippen molar-refractivity contribution < 1.29 is 29.4 Å². The lowest BCUT2D eigenvalue weighted by atomic mass is 10.1. The quantitative estimate of drug-likeness (QED) is 0.0612. The van der Waals surface area contributed by atoms with E-state index in [1.165, 1.54) is 6.92 Å². The number of carbonyl (C=O) groups excluding carboxylic acids is 3. The van der Waals surface area contributed by atoms with E-state index in [4.69, 9.17) is 22.9 Å². The van der Waals surface area contributed by atoms with E-state index in [0.29, 0.717) is 32.2 Å². The molecule has 0 aliphatic carbocycles. The molecule has 32 heavy (non-hydrogen) atoms. The number of amides is 3. The minimum atomic E-state index is -1.33. The molecule has 0 spiro atoms. The third kappa shape index (κ3) is 12.0. The maximum Gasteiger partial charge on any atom is 0.326 e. The van der Waals surface area contributed by atoms with Gasteiger partial charge in [0.25, 0.3) is 0 Å². The van der Waals surface area contributed by atoms with Crippen LogP contribution in [0.3, 0.4) is 0 Å². The molecule has 0 saturated heterocycles. The van der Waals surface area contributed by atoms with Crippen LogP contribution in [0.25, 0.3) is 0 Å². The number of carboxylic acid groups (broad SMARTS) is 1. The molecule has 14 nitrogen and oxygen atoms in total. The lowest BCUT2D eigenvalue weighted by molar-refractivity contribution is -0.142. The molecule has 0 aliphatic heterocycles. The Hall–Kier alpha value is -2.97. The fourth-order valence-electron chi connectivity index (χ4n) is 2.55. The molecule has 0 fully saturated rings. The molecule has 0 aromatic rings. The number of nitrogens with zero attached hydrogens (tertiary/aromatic N) is 1. The summed E-state index contributed by atoms with van der Waals surface area (Å²) in [7, 11) is 0. The molecular weight excluding hydrogens is 424 g/mol. The van der Waals surface area contributed by atoms with Crippen LogP contribution >= 0.6 is 0 Å². The van der Waals surface area contributed by atoms with Crippen LogP contribution in [0.4, 0.5) is 0 Å². The van der Waals surface area contributed by atoms with Gasteiger partial charge in [0.05, 0.1) is 12.6 Å². The van der Waals surface area contributed by atoms with Gasteiger partial charge in [0.1, 0.15) is 18.1 Å². The van der Waals surface area contributed by atoms with Crippen LogP contribution in [0.5, 0.6) is 0 Å². The molecule has 0 radical (unpaired) electrons. The maximum absolute atomic E-state index is 12.3. The van der Waals surface area contributed by atoms with Gasteiger partial charge in [-0.25, -0.2) is 4.79 Å². The number of rotatable bonds is 16. The van der Waals surface area contributed by atoms with Gasteiger partial charge in [0, 0.05) is 6.54 Å². The number of guanidine groups is 1. The number of aliphatic hydroxyl groups is 1. The zero-order valence-corrected chi connectivity index (χ0v) is 18.3. The topological polar surface area (TPSA) is 261 Å². The molecule has 14 heteroatoms. The fourth-order valence-corrected chi connectivity index (χ4v) is 2.55. The number of aliphatic carboxylic acids is 1. The van der Waals surface area contributed by atoms with Gasteiger partial charge < -0.3 is 49.1 Å². The van der Waals surface area contributed by atoms with Crippen molar-refractivity contribution in [2.45, 2.75) is 63.2 Å². The van der Waals surface area contributed by atoms with Crippen LogP contribution < -0.4 is 38.9 Å². The smallest absolute Gasteiger partial charge is 0.326 e. The van der Waals surface area contributed by atoms with E-state index < -0.39 is 54.5 Å². The summed E-state index contributed by atoms with van der Waals surface area (Å²) in [4.78, 5) is 51.8. The second-order valence-corrected chi connectivity index (χ2v) is 7.21. The van der Waals surface area contributed by atoms with E-state index in [0.717, 1.165) is 0 Å². The first-order chi connectivity index (χ1) is 15.0. The van der Waals surface area contributed by atoms with Crippen molar-refractivity contribution in [3.05, 3.63) is 0 Å². The van der Waals surface area contributed by atoms with Gasteiger partial charge in [-0.1, -0.05) is 6.42 Å². The highest BCUT2D eigenvalue weighted by molar-refractivity contribution is 5.93. The molecule has 0 aromatic heterocycles. The Morgan fingerprint density at radius 3 is 2.06 bits per heavy atom. The Bertz CT molecular complexity index is 655. The fraction of sp³-hybridized carbons (Fsp3) is 0.722. The number of hydrogen-bond acceptors (Lipinski definition) is 8. The Morgan fingerprint density at radius 1 is 0.906 bits per heavy atom. The summed E-state index contributed by atoms with van der Waals surface area (Å²) in [5, 5.41) is 25.7. The van der Waals surface area contributed by atoms with E-state index in [1.54, 1.807) is 0 Å². The molecule has 3 amide bonds. The molecule has 4 unspecified atom stereocenters. The third-order valence-electron chi connectivity index (χ3n) is 4.43. The van der Waals surface area contributed by atoms with Crippen LogP contribution in [-0.2, 0) is 19.2 Å². The Morgan fingerprint density at radius 2 is 1.53 bits per heavy atom. The molecule has 0 bridgehead atoms. The second kappa shape index (κ2) is 15.8. The minimum absolute atomic E-state index is 0.0654. The van der Waals surface area contributed by atoms with Crippen molar-refractivity contribution in [3.63, 3.8) is 0 Å². The van der Waals surface area contributed by atoms with Gasteiger partial charge >= 0.3 is 5.97 Å². The van der Waals surface area contributed by atoms with Crippen LogP contribution in [0.2, 0.25) is 0 Å². The monoisotopic (exact) mass is 460 g/mol. The zero-order valence-electron chi connectivity index (χ0n) is 18.3. The zero-order chi connectivity index (χ0) is 24.7. The van der Waals surface area contributed by atoms with Crippen LogP contribution in [0.15, 0.2) is 4.99 Å². The van der Waals surface area contributed by atoms with Crippen molar-refractivity contribution in [2.24, 2.45) is 27.9 Å². The van der Waals surface area contributed by atoms with Crippen molar-refractivity contribution in [1.29, 1.82) is 0 Å². The van der Waals surface area contributed by atoms with Gasteiger partial charge in [-0.3, -0.25) is 19.4 Å². The van der Waals surface area contributed by atoms with Gasteiger partial charge in [0.2, 0.25) is 17.7 Å². The highest BCUT2D eigenvalue weighted by Gasteiger charge is 2.27. The lowest BCUT2D eigenvalue weighted by Crippen LogP contribution is -2.57. The van der Waals surface area contributed by atoms with Crippen LogP contribution in [0.1, 0.15) is 39.0 Å². The van der Waals surface area contributed by atoms with Crippen molar-refractivity contribution >= 4 is 29.7 Å². The Kier molecular flexibility index (Phi) is 14.3. The summed E-state index contributed by atoms with van der Waals surface area (Å²) < 4.78 is 0. The number of unbranched alkanes of at least 4 members (excludes halogenated alkanes) is 1. The average Bonchev–Trinajstić information content (AvgIpc) is 2.73. The summed E-state index contributed by atoms with van der Waals surface area (Å²) in [6.07, 6.45) is 2.06. The Labute approximate surface area is 186 Å². The average molecular weight is 461 g/mol. The van der Waals surface area contributed by atoms with Crippen molar-refractivity contribution in [2.75, 3.05) is 19.7 Å². The van der Waals surface area contributed by atoms with E-state index in [2.05, 4.69) is 20.9 Å². The predicted octanol–water partition coefficient (Wildman–Crippen LogP) is -3.95. The molecule has 0 aliphatic rings. The van der Waals surface area contributed by atoms with E-state index >= 15 is 0 Å². The van der Waals surface area contributed by atoms with Crippen molar-refractivity contribution in [1.82, 2.24) is 16.0 Å². The number of carboxylic acids is 1. The first-order valence-corrected chi connectivity index (χ1v) is 10.3. The molecule has 13 N–H and O–H groups in total. The molecule has 0 aromatic carbocycles. The third-order valence-corrected chi connectivity index (χ3v) is 4.43. The standard InChI is InChI=1S/C18H36N8O6/c1-10(14(28)25-12(17(31)32)6-4-8-23-18(21)22)24-16(30)13(9-27)26-15(29)11(20)5-2-3-7-19/h10-13,27H,2-9,19-20H2,1H3,(H,24,30)(H,25,28)(H,26,29)(H,31,32)(H4,21,22,23). The predicted molar refractivity (Wildman–Crippen MR) is 117 cm³/mol. The summed E-state index contributed by atoms with van der Waals surface area (Å²) in [5.41, 5.74) is 21.5. The lowest BCUT2D eigenvalue weighted by Gasteiger charge is -2.22. The summed E-state index contributed by atoms with van der Waals surface area (Å²) in [6, 6.07) is -4.55. The highest BCUT2D eigenvalue weighted by atomic mass is 16.4. The molecule has 0 heterocycles. The van der Waals surface area contributed by atoms with Crippen LogP contribution in [-0.4, -0.2) is 83.7 Å². The number of nitrogens with one attached hydrogen (secondary N) is 3. The second-order valence-electron chi connectivity index (χ2n) is 7.21. The number of aliphatic imine (C=N–C) groups is 1. The van der Waals surface area contributed by atoms with Gasteiger partial charge in [-0.2, -0.15) is 0 Å². The van der Waals surface area contributed by atoms with Gasteiger partial charge in [-0.05, 0) is 39.2 Å². The summed E-state index contributed by atoms with van der Waals surface area (Å²) in [5.74, 6) is -3.59. The minimum Gasteiger partial charge on any atom is -0.480 e. The molecular formula is C18H36N8O6. The number of nitrogens with two attached hydrogens (primary N) is 4. The molecule has 0 rings (SSSR count). The van der Waals surface area contributed by atoms with Crippen molar-refractivity contribution in [3.8, 4) is 0 Å². The SMILES string of the molecule is CC(NC(=O)C(CO)NC(=O)C(N)CCCCN)C(=O)NC(CCCN=C(N)N)C(=O)O. The number of aliphatic hydroxyl groups excluding tert-OH is 1. The summed E-state index contributed by atoms with van der Waals surface area (Å²) in [6.45, 7) is 1.28. The first kappa shape index (κ1) is 29.0. The maximum atomic E-state index is 12.3. The van der Waals surface area contributed by atoms with E-state index in [-0.39, 0.29) is 18.9 Å². The largest absolute Gasteiger partial charge is 0.480 e.